The van der Waals surface area contributed by atoms with Crippen LogP contribution in [0.3, 0.4) is 0 Å². The summed E-state index contributed by atoms with van der Waals surface area (Å²) in [4.78, 5) is 0. The Bertz CT molecular complexity index is 2300. The van der Waals surface area contributed by atoms with Crippen LogP contribution in [-0.2, 0) is 10.8 Å². The molecule has 0 aromatic heterocycles. The van der Waals surface area contributed by atoms with Crippen molar-refractivity contribution in [2.24, 2.45) is 5.92 Å². The fourth-order valence-electron chi connectivity index (χ4n) is 9.01. The van der Waals surface area contributed by atoms with Crippen LogP contribution in [0.5, 0.6) is 0 Å². The maximum atomic E-state index is 3.93. The molecule has 1 heteroatoms. The van der Waals surface area contributed by atoms with E-state index in [1.165, 1.54) is 66.4 Å². The first-order valence-corrected chi connectivity index (χ1v) is 17.0. The summed E-state index contributed by atoms with van der Waals surface area (Å²) in [5.74, 6) is 0.902. The van der Waals surface area contributed by atoms with Gasteiger partial charge in [0.1, 0.15) is 0 Å². The first kappa shape index (κ1) is 28.1. The quantitative estimate of drug-likeness (QED) is 0.211. The third-order valence-electron chi connectivity index (χ3n) is 11.4. The Morgan fingerprint density at radius 3 is 2.11 bits per heavy atom. The van der Waals surface area contributed by atoms with E-state index in [1.807, 2.05) is 0 Å². The monoisotopic (exact) mass is 605 g/mol. The molecule has 0 bridgehead atoms. The Hall–Kier alpha value is -5.14. The molecule has 0 heterocycles. The van der Waals surface area contributed by atoms with Gasteiger partial charge in [-0.15, -0.1) is 0 Å². The average Bonchev–Trinajstić information content (AvgIpc) is 3.48. The van der Waals surface area contributed by atoms with Crippen molar-refractivity contribution in [2.45, 2.75) is 44.4 Å². The first-order valence-electron chi connectivity index (χ1n) is 17.0. The summed E-state index contributed by atoms with van der Waals surface area (Å²) in [6.07, 6.45) is 9.21. The van der Waals surface area contributed by atoms with Crippen molar-refractivity contribution in [1.29, 1.82) is 0 Å². The first-order chi connectivity index (χ1) is 22.8. The average molecular weight is 606 g/mol. The molecule has 47 heavy (non-hydrogen) atoms. The van der Waals surface area contributed by atoms with Crippen molar-refractivity contribution in [2.75, 3.05) is 5.32 Å². The van der Waals surface area contributed by atoms with Gasteiger partial charge in [-0.05, 0) is 90.4 Å². The van der Waals surface area contributed by atoms with Crippen molar-refractivity contribution in [3.05, 3.63) is 168 Å². The van der Waals surface area contributed by atoms with Gasteiger partial charge >= 0.3 is 0 Å². The molecule has 3 aliphatic carbocycles. The zero-order valence-corrected chi connectivity index (χ0v) is 27.5. The van der Waals surface area contributed by atoms with Crippen LogP contribution in [-0.4, -0.2) is 0 Å². The van der Waals surface area contributed by atoms with Crippen LogP contribution in [0.15, 0.2) is 146 Å². The number of rotatable bonds is 4. The lowest BCUT2D eigenvalue weighted by Crippen LogP contribution is -2.24. The zero-order valence-electron chi connectivity index (χ0n) is 27.5. The number of fused-ring (bicyclic) bond motifs is 7. The Labute approximate surface area is 278 Å². The largest absolute Gasteiger partial charge is 0.355 e. The highest BCUT2D eigenvalue weighted by Gasteiger charge is 2.44. The topological polar surface area (TPSA) is 12.0 Å². The molecule has 0 spiro atoms. The minimum Gasteiger partial charge on any atom is -0.355 e. The summed E-state index contributed by atoms with van der Waals surface area (Å²) >= 11 is 0. The molecule has 0 saturated carbocycles. The fraction of sp³-hybridized carbons (Fsp3) is 0.174. The van der Waals surface area contributed by atoms with E-state index in [0.29, 0.717) is 11.8 Å². The highest BCUT2D eigenvalue weighted by Crippen LogP contribution is 2.55. The van der Waals surface area contributed by atoms with Gasteiger partial charge < -0.3 is 5.32 Å². The highest BCUT2D eigenvalue weighted by molar-refractivity contribution is 6.08. The van der Waals surface area contributed by atoms with Gasteiger partial charge in [-0.3, -0.25) is 0 Å². The molecule has 2 atom stereocenters. The third kappa shape index (κ3) is 4.09. The maximum absolute atomic E-state index is 3.93. The number of anilines is 2. The molecule has 0 radical (unpaired) electrons. The van der Waals surface area contributed by atoms with Crippen molar-refractivity contribution in [3.63, 3.8) is 0 Å². The molecule has 0 saturated heterocycles. The summed E-state index contributed by atoms with van der Waals surface area (Å²) < 4.78 is 0. The molecule has 1 nitrogen and oxygen atoms in total. The third-order valence-corrected chi connectivity index (χ3v) is 11.4. The van der Waals surface area contributed by atoms with Gasteiger partial charge in [-0.2, -0.15) is 0 Å². The van der Waals surface area contributed by atoms with E-state index in [-0.39, 0.29) is 10.8 Å². The van der Waals surface area contributed by atoms with Crippen molar-refractivity contribution in [1.82, 2.24) is 0 Å². The van der Waals surface area contributed by atoms with Gasteiger partial charge in [0.25, 0.3) is 0 Å². The molecule has 0 aliphatic heterocycles. The standard InChI is InChI=1S/C46H39N/c1-45(2)38-21-11-9-17-33(38)37-28-30(25-26-40(37)45)47-42-27-24-29-14-5-6-15-31(29)44(42)35-18-8-7-16-32(35)34-20-13-23-41-43(34)36-19-10-12-22-39(36)46(41,3)4/h5-28,33,38,47H,1-4H3. The molecule has 9 rings (SSSR count). The van der Waals surface area contributed by atoms with Crippen LogP contribution < -0.4 is 5.32 Å². The second-order valence-electron chi connectivity index (χ2n) is 14.6. The lowest BCUT2D eigenvalue weighted by Gasteiger charge is -2.29. The molecular weight excluding hydrogens is 567 g/mol. The minimum atomic E-state index is -0.0481. The summed E-state index contributed by atoms with van der Waals surface area (Å²) in [6, 6.07) is 45.2. The van der Waals surface area contributed by atoms with Crippen molar-refractivity contribution >= 4 is 22.1 Å². The number of benzene rings is 6. The van der Waals surface area contributed by atoms with E-state index in [2.05, 4.69) is 179 Å². The Morgan fingerprint density at radius 1 is 0.532 bits per heavy atom. The Kier molecular flexibility index (Phi) is 6.09. The second kappa shape index (κ2) is 10.2. The maximum Gasteiger partial charge on any atom is 0.0470 e. The van der Waals surface area contributed by atoms with E-state index in [0.717, 1.165) is 11.4 Å². The molecule has 6 aromatic carbocycles. The number of nitrogens with one attached hydrogen (secondary N) is 1. The molecule has 228 valence electrons. The fourth-order valence-corrected chi connectivity index (χ4v) is 9.01. The van der Waals surface area contributed by atoms with Crippen LogP contribution in [0, 0.1) is 5.92 Å². The number of hydrogen-bond acceptors (Lipinski definition) is 1. The predicted octanol–water partition coefficient (Wildman–Crippen LogP) is 12.3. The normalized spacial score (nSPS) is 19.2. The van der Waals surface area contributed by atoms with E-state index >= 15 is 0 Å². The van der Waals surface area contributed by atoms with Crippen LogP contribution in [0.4, 0.5) is 11.4 Å². The SMILES string of the molecule is CC1(C)c2ccccc2-c2c(-c3ccccc3-c3c(Nc4ccc5c(c4)C4C=CC=CC4C5(C)C)ccc4ccccc34)cccc21. The van der Waals surface area contributed by atoms with Crippen molar-refractivity contribution < 1.29 is 0 Å². The summed E-state index contributed by atoms with van der Waals surface area (Å²) in [6.45, 7) is 9.51. The van der Waals surface area contributed by atoms with Gasteiger partial charge in [0.2, 0.25) is 0 Å². The highest BCUT2D eigenvalue weighted by atomic mass is 14.9. The van der Waals surface area contributed by atoms with E-state index in [9.17, 15) is 0 Å². The minimum absolute atomic E-state index is 0.0481. The lowest BCUT2D eigenvalue weighted by molar-refractivity contribution is 0.394. The Morgan fingerprint density at radius 2 is 1.23 bits per heavy atom. The van der Waals surface area contributed by atoms with Crippen LogP contribution in [0.1, 0.15) is 55.9 Å². The number of hydrogen-bond donors (Lipinski definition) is 1. The van der Waals surface area contributed by atoms with Gasteiger partial charge in [-0.1, -0.05) is 155 Å². The predicted molar refractivity (Wildman–Crippen MR) is 200 cm³/mol. The second-order valence-corrected chi connectivity index (χ2v) is 14.6. The molecule has 0 amide bonds. The lowest BCUT2D eigenvalue weighted by atomic mass is 9.74. The van der Waals surface area contributed by atoms with Crippen LogP contribution >= 0.6 is 0 Å². The number of allylic oxidation sites excluding steroid dienone is 4. The van der Waals surface area contributed by atoms with E-state index in [1.54, 1.807) is 0 Å². The zero-order chi connectivity index (χ0) is 31.9. The molecule has 6 aromatic rings. The summed E-state index contributed by atoms with van der Waals surface area (Å²) in [5.41, 5.74) is 15.7. The van der Waals surface area contributed by atoms with E-state index in [4.69, 9.17) is 0 Å². The molecule has 3 aliphatic rings. The Balaban J connectivity index is 1.23. The van der Waals surface area contributed by atoms with Gasteiger partial charge in [-0.25, -0.2) is 0 Å². The molecular formula is C46H39N. The van der Waals surface area contributed by atoms with Gasteiger partial charge in [0.15, 0.2) is 0 Å². The van der Waals surface area contributed by atoms with Crippen molar-refractivity contribution in [3.8, 4) is 33.4 Å². The van der Waals surface area contributed by atoms with E-state index < -0.39 is 0 Å². The van der Waals surface area contributed by atoms with Gasteiger partial charge in [0.05, 0.1) is 0 Å². The van der Waals surface area contributed by atoms with Crippen LogP contribution in [0.25, 0.3) is 44.2 Å². The molecule has 2 unspecified atom stereocenters. The summed E-state index contributed by atoms with van der Waals surface area (Å²) in [5, 5.41) is 6.43. The molecule has 0 fully saturated rings. The van der Waals surface area contributed by atoms with Gasteiger partial charge in [0, 0.05) is 28.3 Å². The van der Waals surface area contributed by atoms with Crippen LogP contribution in [0.2, 0.25) is 0 Å². The summed E-state index contributed by atoms with van der Waals surface area (Å²) in [7, 11) is 0. The smallest absolute Gasteiger partial charge is 0.0470 e. The molecule has 1 N–H and O–H groups in total.